The normalized spacial score (nSPS) is 11.8. The van der Waals surface area contributed by atoms with E-state index in [9.17, 15) is 13.2 Å². The zero-order valence-electron chi connectivity index (χ0n) is 13.4. The van der Waals surface area contributed by atoms with E-state index in [-0.39, 0.29) is 10.5 Å². The third kappa shape index (κ3) is 5.10. The van der Waals surface area contributed by atoms with E-state index >= 15 is 0 Å². The lowest BCUT2D eigenvalue weighted by Gasteiger charge is -2.18. The summed E-state index contributed by atoms with van der Waals surface area (Å²) in [4.78, 5) is 11.9. The van der Waals surface area contributed by atoms with Crippen LogP contribution in [0.1, 0.15) is 10.4 Å². The Kier molecular flexibility index (Phi) is 6.31. The second-order valence-corrected chi connectivity index (χ2v) is 9.51. The van der Waals surface area contributed by atoms with Crippen LogP contribution in [0.2, 0.25) is 0 Å². The molecule has 134 valence electrons. The second kappa shape index (κ2) is 8.07. The second-order valence-electron chi connectivity index (χ2n) is 4.68. The summed E-state index contributed by atoms with van der Waals surface area (Å²) in [6.45, 7) is -2.91. The first-order chi connectivity index (χ1) is 11.8. The lowest BCUT2D eigenvalue weighted by molar-refractivity contribution is 0.0981. The highest BCUT2D eigenvalue weighted by Crippen LogP contribution is 2.48. The van der Waals surface area contributed by atoms with Crippen LogP contribution < -0.4 is 9.25 Å². The van der Waals surface area contributed by atoms with Gasteiger partial charge in [0.1, 0.15) is 5.75 Å². The fraction of sp³-hybridized carbons (Fsp3) is 0.133. The summed E-state index contributed by atoms with van der Waals surface area (Å²) in [5.41, 5.74) is 0.243. The van der Waals surface area contributed by atoms with Crippen molar-refractivity contribution in [2.75, 3.05) is 14.2 Å². The molecule has 0 atom stereocenters. The number of rotatable bonds is 7. The first-order valence-corrected chi connectivity index (χ1v) is 11.0. The molecular weight excluding hydrogens is 385 g/mol. The maximum absolute atomic E-state index is 12.3. The highest BCUT2D eigenvalue weighted by Gasteiger charge is 2.21. The number of benzene rings is 2. The summed E-state index contributed by atoms with van der Waals surface area (Å²) >= 11 is 5.07. The van der Waals surface area contributed by atoms with E-state index in [1.54, 1.807) is 18.2 Å². The van der Waals surface area contributed by atoms with Crippen molar-refractivity contribution in [3.8, 4) is 5.75 Å². The molecule has 0 bridgehead atoms. The molecule has 2 aromatic carbocycles. The standard InChI is InChI=1S/C15H16NO6PS2/c1-20-23(24,21-2)22-13-8-10-14(11-9-13)25(18,19)16-15(17)12-6-4-3-5-7-12/h3-11H,1-2H3,(H,16,17). The minimum absolute atomic E-state index is 0.0905. The van der Waals surface area contributed by atoms with E-state index in [0.717, 1.165) is 0 Å². The van der Waals surface area contributed by atoms with Crippen molar-refractivity contribution < 1.29 is 26.8 Å². The predicted molar refractivity (Wildman–Crippen MR) is 96.5 cm³/mol. The van der Waals surface area contributed by atoms with Gasteiger partial charge in [-0.15, -0.1) is 0 Å². The first kappa shape index (κ1) is 19.6. The summed E-state index contributed by atoms with van der Waals surface area (Å²) in [5.74, 6) is -0.421. The Hall–Kier alpha value is -1.77. The number of sulfonamides is 1. The highest BCUT2D eigenvalue weighted by molar-refractivity contribution is 8.07. The predicted octanol–water partition coefficient (Wildman–Crippen LogP) is 2.70. The SMILES string of the molecule is COP(=S)(OC)Oc1ccc(S(=O)(=O)NC(=O)c2ccccc2)cc1. The van der Waals surface area contributed by atoms with Crippen molar-refractivity contribution in [2.24, 2.45) is 0 Å². The molecule has 7 nitrogen and oxygen atoms in total. The zero-order chi connectivity index (χ0) is 18.5. The van der Waals surface area contributed by atoms with Crippen molar-refractivity contribution >= 4 is 34.5 Å². The molecule has 1 N–H and O–H groups in total. The molecule has 0 fully saturated rings. The minimum Gasteiger partial charge on any atom is -0.424 e. The Labute approximate surface area is 151 Å². The van der Waals surface area contributed by atoms with Gasteiger partial charge in [0.15, 0.2) is 0 Å². The molecular formula is C15H16NO6PS2. The summed E-state index contributed by atoms with van der Waals surface area (Å²) in [7, 11) is -1.29. The largest absolute Gasteiger partial charge is 0.424 e. The number of nitrogens with one attached hydrogen (secondary N) is 1. The van der Waals surface area contributed by atoms with Crippen LogP contribution in [0, 0.1) is 0 Å². The molecule has 0 saturated carbocycles. The van der Waals surface area contributed by atoms with Crippen LogP contribution in [0.25, 0.3) is 0 Å². The van der Waals surface area contributed by atoms with Crippen molar-refractivity contribution in [1.82, 2.24) is 4.72 Å². The number of carbonyl (C=O) groups excluding carboxylic acids is 1. The van der Waals surface area contributed by atoms with Gasteiger partial charge in [0.05, 0.1) is 4.90 Å². The smallest absolute Gasteiger partial charge is 0.380 e. The fourth-order valence-corrected chi connectivity index (χ4v) is 3.70. The molecule has 25 heavy (non-hydrogen) atoms. The van der Waals surface area contributed by atoms with Crippen LogP contribution in [0.15, 0.2) is 59.5 Å². The lowest BCUT2D eigenvalue weighted by Crippen LogP contribution is -2.30. The maximum Gasteiger partial charge on any atom is 0.380 e. The van der Waals surface area contributed by atoms with Gasteiger partial charge < -0.3 is 13.6 Å². The molecule has 0 aromatic heterocycles. The molecule has 0 aliphatic rings. The van der Waals surface area contributed by atoms with Crippen LogP contribution in [-0.2, 0) is 30.9 Å². The van der Waals surface area contributed by atoms with Crippen LogP contribution in [0.3, 0.4) is 0 Å². The maximum atomic E-state index is 12.3. The van der Waals surface area contributed by atoms with Gasteiger partial charge in [0.25, 0.3) is 15.9 Å². The van der Waals surface area contributed by atoms with Gasteiger partial charge in [-0.25, -0.2) is 13.1 Å². The molecule has 0 saturated heterocycles. The van der Waals surface area contributed by atoms with Gasteiger partial charge in [-0.3, -0.25) is 4.79 Å². The Bertz CT molecular complexity index is 876. The first-order valence-electron chi connectivity index (χ1n) is 6.93. The molecule has 0 spiro atoms. The van der Waals surface area contributed by atoms with Crippen molar-refractivity contribution in [1.29, 1.82) is 0 Å². The van der Waals surface area contributed by atoms with E-state index < -0.39 is 22.6 Å². The average Bonchev–Trinajstić information content (AvgIpc) is 2.62. The molecule has 0 heterocycles. The molecule has 0 aliphatic heterocycles. The number of amides is 1. The van der Waals surface area contributed by atoms with E-state index in [1.807, 2.05) is 4.72 Å². The van der Waals surface area contributed by atoms with Gasteiger partial charge in [-0.05, 0) is 36.4 Å². The molecule has 10 heteroatoms. The number of carbonyl (C=O) groups is 1. The molecule has 2 aromatic rings. The van der Waals surface area contributed by atoms with Gasteiger partial charge in [-0.1, -0.05) is 18.2 Å². The fourth-order valence-electron chi connectivity index (χ4n) is 1.79. The molecule has 2 rings (SSSR count). The van der Waals surface area contributed by atoms with Gasteiger partial charge in [0.2, 0.25) is 0 Å². The Morgan fingerprint density at radius 2 is 1.56 bits per heavy atom. The zero-order valence-corrected chi connectivity index (χ0v) is 15.9. The number of hydrogen-bond donors (Lipinski definition) is 1. The Morgan fingerprint density at radius 1 is 1.00 bits per heavy atom. The number of hydrogen-bond acceptors (Lipinski definition) is 7. The van der Waals surface area contributed by atoms with Crippen molar-refractivity contribution in [3.63, 3.8) is 0 Å². The van der Waals surface area contributed by atoms with Crippen LogP contribution in [0.4, 0.5) is 0 Å². The van der Waals surface area contributed by atoms with Gasteiger partial charge >= 0.3 is 6.72 Å². The van der Waals surface area contributed by atoms with E-state index in [1.165, 1.54) is 50.6 Å². The average molecular weight is 401 g/mol. The summed E-state index contributed by atoms with van der Waals surface area (Å²) in [6.07, 6.45) is 0. The van der Waals surface area contributed by atoms with Crippen LogP contribution >= 0.6 is 6.72 Å². The minimum atomic E-state index is -4.01. The van der Waals surface area contributed by atoms with Crippen LogP contribution in [0.5, 0.6) is 5.75 Å². The molecule has 0 radical (unpaired) electrons. The third-order valence-corrected chi connectivity index (χ3v) is 6.86. The van der Waals surface area contributed by atoms with Crippen molar-refractivity contribution in [2.45, 2.75) is 4.90 Å². The van der Waals surface area contributed by atoms with E-state index in [4.69, 9.17) is 25.4 Å². The Balaban J connectivity index is 2.15. The molecule has 0 unspecified atom stereocenters. The topological polar surface area (TPSA) is 90.9 Å². The van der Waals surface area contributed by atoms with Gasteiger partial charge in [-0.2, -0.15) is 0 Å². The van der Waals surface area contributed by atoms with Crippen molar-refractivity contribution in [3.05, 3.63) is 60.2 Å². The van der Waals surface area contributed by atoms with E-state index in [2.05, 4.69) is 0 Å². The quantitative estimate of drug-likeness (QED) is 0.714. The van der Waals surface area contributed by atoms with Crippen LogP contribution in [-0.4, -0.2) is 28.5 Å². The highest BCUT2D eigenvalue weighted by atomic mass is 32.5. The summed E-state index contributed by atoms with van der Waals surface area (Å²) in [5, 5.41) is 0. The Morgan fingerprint density at radius 3 is 2.08 bits per heavy atom. The van der Waals surface area contributed by atoms with E-state index in [0.29, 0.717) is 5.75 Å². The summed E-state index contributed by atoms with van der Waals surface area (Å²) in [6, 6.07) is 13.4. The molecule has 1 amide bonds. The third-order valence-electron chi connectivity index (χ3n) is 3.06. The monoisotopic (exact) mass is 401 g/mol. The van der Waals surface area contributed by atoms with Gasteiger partial charge in [0, 0.05) is 31.6 Å². The summed E-state index contributed by atoms with van der Waals surface area (Å²) < 4.78 is 42.0. The lowest BCUT2D eigenvalue weighted by atomic mass is 10.2. The molecule has 0 aliphatic carbocycles.